The number of Topliss-reactive ketones (excluding diaryl/α,β-unsaturated/α-hetero) is 1. The molecular weight excluding hydrogens is 269 g/mol. The molecule has 0 aliphatic rings. The molecule has 7 heteroatoms. The normalized spacial score (nSPS) is 10.7. The molecule has 0 aliphatic heterocycles. The highest BCUT2D eigenvalue weighted by molar-refractivity contribution is 7.98. The van der Waals surface area contributed by atoms with Crippen molar-refractivity contribution in [1.29, 1.82) is 0 Å². The molecule has 0 spiro atoms. The van der Waals surface area contributed by atoms with Crippen LogP contribution in [0.4, 0.5) is 4.39 Å². The number of rotatable bonds is 4. The number of carbonyl (C=O) groups excluding carboxylic acids is 1. The lowest BCUT2D eigenvalue weighted by molar-refractivity contribution is 0.101. The smallest absolute Gasteiger partial charge is 0.186 e. The molecule has 2 rings (SSSR count). The fraction of sp³-hybridized carbons (Fsp3) is 0.250. The van der Waals surface area contributed by atoms with E-state index >= 15 is 0 Å². The summed E-state index contributed by atoms with van der Waals surface area (Å²) in [5.74, 6) is -0.793. The van der Waals surface area contributed by atoms with E-state index in [2.05, 4.69) is 10.1 Å². The molecule has 0 saturated carbocycles. The first-order chi connectivity index (χ1) is 8.99. The van der Waals surface area contributed by atoms with E-state index in [-0.39, 0.29) is 17.1 Å². The molecule has 0 aliphatic carbocycles. The molecular formula is C12H12FN3O2S. The molecule has 2 aromatic rings. The Morgan fingerprint density at radius 2 is 2.26 bits per heavy atom. The molecule has 1 aromatic heterocycles. The van der Waals surface area contributed by atoms with Gasteiger partial charge >= 0.3 is 0 Å². The number of thioether (sulfide) groups is 1. The van der Waals surface area contributed by atoms with Crippen LogP contribution in [0.15, 0.2) is 23.6 Å². The van der Waals surface area contributed by atoms with Crippen LogP contribution in [0.3, 0.4) is 0 Å². The van der Waals surface area contributed by atoms with Crippen LogP contribution in [0.25, 0.3) is 0 Å². The first kappa shape index (κ1) is 13.5. The Hall–Kier alpha value is -1.89. The first-order valence-electron chi connectivity index (χ1n) is 5.48. The first-order valence-corrected chi connectivity index (χ1v) is 6.46. The monoisotopic (exact) mass is 281 g/mol. The van der Waals surface area contributed by atoms with Gasteiger partial charge in [-0.25, -0.2) is 14.1 Å². The van der Waals surface area contributed by atoms with Gasteiger partial charge in [0.2, 0.25) is 0 Å². The van der Waals surface area contributed by atoms with E-state index in [0.717, 1.165) is 6.07 Å². The summed E-state index contributed by atoms with van der Waals surface area (Å²) < 4.78 is 15.0. The highest BCUT2D eigenvalue weighted by atomic mass is 32.2. The van der Waals surface area contributed by atoms with Crippen LogP contribution in [0.1, 0.15) is 22.8 Å². The Morgan fingerprint density at radius 1 is 1.53 bits per heavy atom. The van der Waals surface area contributed by atoms with Crippen molar-refractivity contribution in [3.8, 4) is 5.75 Å². The number of carbonyl (C=O) groups is 1. The van der Waals surface area contributed by atoms with E-state index in [1.165, 1.54) is 31.1 Å². The van der Waals surface area contributed by atoms with E-state index in [1.807, 2.05) is 0 Å². The largest absolute Gasteiger partial charge is 0.507 e. The third kappa shape index (κ3) is 2.93. The van der Waals surface area contributed by atoms with Crippen LogP contribution in [-0.4, -0.2) is 25.7 Å². The average Bonchev–Trinajstić information content (AvgIpc) is 2.75. The van der Waals surface area contributed by atoms with Crippen molar-refractivity contribution in [2.24, 2.45) is 7.05 Å². The van der Waals surface area contributed by atoms with Crippen LogP contribution in [0.5, 0.6) is 5.75 Å². The highest BCUT2D eigenvalue weighted by Gasteiger charge is 2.14. The quantitative estimate of drug-likeness (QED) is 0.687. The van der Waals surface area contributed by atoms with E-state index in [0.29, 0.717) is 16.5 Å². The van der Waals surface area contributed by atoms with E-state index < -0.39 is 5.82 Å². The summed E-state index contributed by atoms with van der Waals surface area (Å²) >= 11 is 1.30. The molecule has 0 bridgehead atoms. The highest BCUT2D eigenvalue weighted by Crippen LogP contribution is 2.30. The van der Waals surface area contributed by atoms with Gasteiger partial charge in [-0.05, 0) is 19.1 Å². The number of ketones is 1. The Kier molecular flexibility index (Phi) is 3.84. The second kappa shape index (κ2) is 5.40. The molecule has 0 fully saturated rings. The topological polar surface area (TPSA) is 68.0 Å². The fourth-order valence-electron chi connectivity index (χ4n) is 1.59. The van der Waals surface area contributed by atoms with Gasteiger partial charge in [0.1, 0.15) is 17.9 Å². The van der Waals surface area contributed by atoms with Crippen LogP contribution < -0.4 is 0 Å². The number of phenols is 1. The van der Waals surface area contributed by atoms with Gasteiger partial charge in [-0.3, -0.25) is 4.79 Å². The van der Waals surface area contributed by atoms with Crippen LogP contribution in [-0.2, 0) is 12.8 Å². The van der Waals surface area contributed by atoms with Crippen molar-refractivity contribution in [1.82, 2.24) is 14.8 Å². The lowest BCUT2D eigenvalue weighted by atomic mass is 10.1. The summed E-state index contributed by atoms with van der Waals surface area (Å²) in [6.45, 7) is 1.29. The lowest BCUT2D eigenvalue weighted by Crippen LogP contribution is -1.98. The fourth-order valence-corrected chi connectivity index (χ4v) is 2.45. The van der Waals surface area contributed by atoms with Crippen molar-refractivity contribution in [2.45, 2.75) is 17.8 Å². The summed E-state index contributed by atoms with van der Waals surface area (Å²) in [7, 11) is 1.74. The minimum atomic E-state index is -0.545. The number of benzene rings is 1. The van der Waals surface area contributed by atoms with Gasteiger partial charge in [0.25, 0.3) is 0 Å². The van der Waals surface area contributed by atoms with Crippen molar-refractivity contribution in [3.63, 3.8) is 0 Å². The number of hydrogen-bond donors (Lipinski definition) is 1. The third-order valence-electron chi connectivity index (χ3n) is 2.56. The zero-order chi connectivity index (χ0) is 14.0. The number of aryl methyl sites for hydroxylation is 1. The standard InChI is InChI=1S/C12H12FN3O2S/c1-7(17)10-4-9(13)3-8(11(10)18)5-19-12-14-6-15-16(12)2/h3-4,6,18H,5H2,1-2H3. The molecule has 1 N–H and O–H groups in total. The molecule has 0 amide bonds. The zero-order valence-electron chi connectivity index (χ0n) is 10.4. The van der Waals surface area contributed by atoms with E-state index in [9.17, 15) is 14.3 Å². The third-order valence-corrected chi connectivity index (χ3v) is 3.64. The number of hydrogen-bond acceptors (Lipinski definition) is 5. The molecule has 0 unspecified atom stereocenters. The second-order valence-electron chi connectivity index (χ2n) is 3.97. The Morgan fingerprint density at radius 3 is 2.84 bits per heavy atom. The number of halogens is 1. The van der Waals surface area contributed by atoms with Crippen molar-refractivity contribution >= 4 is 17.5 Å². The predicted molar refractivity (Wildman–Crippen MR) is 68.6 cm³/mol. The van der Waals surface area contributed by atoms with Gasteiger partial charge in [-0.15, -0.1) is 0 Å². The summed E-state index contributed by atoms with van der Waals surface area (Å²) in [6.07, 6.45) is 1.41. The molecule has 5 nitrogen and oxygen atoms in total. The van der Waals surface area contributed by atoms with Crippen molar-refractivity contribution in [3.05, 3.63) is 35.4 Å². The minimum absolute atomic E-state index is 0.00596. The summed E-state index contributed by atoms with van der Waals surface area (Å²) in [6, 6.07) is 2.25. The van der Waals surface area contributed by atoms with Crippen LogP contribution in [0.2, 0.25) is 0 Å². The van der Waals surface area contributed by atoms with Crippen molar-refractivity contribution in [2.75, 3.05) is 0 Å². The van der Waals surface area contributed by atoms with Crippen LogP contribution >= 0.6 is 11.8 Å². The number of aromatic hydroxyl groups is 1. The molecule has 0 radical (unpaired) electrons. The van der Waals surface area contributed by atoms with Gasteiger partial charge in [-0.2, -0.15) is 5.10 Å². The van der Waals surface area contributed by atoms with E-state index in [1.54, 1.807) is 11.7 Å². The maximum atomic E-state index is 13.4. The van der Waals surface area contributed by atoms with Crippen molar-refractivity contribution < 1.29 is 14.3 Å². The summed E-state index contributed by atoms with van der Waals surface area (Å²) in [4.78, 5) is 15.3. The van der Waals surface area contributed by atoms with Gasteiger partial charge < -0.3 is 5.11 Å². The average molecular weight is 281 g/mol. The second-order valence-corrected chi connectivity index (χ2v) is 4.91. The molecule has 0 saturated heterocycles. The summed E-state index contributed by atoms with van der Waals surface area (Å²) in [5, 5.41) is 14.5. The van der Waals surface area contributed by atoms with Gasteiger partial charge in [-0.1, -0.05) is 11.8 Å². The van der Waals surface area contributed by atoms with Crippen LogP contribution in [0, 0.1) is 5.82 Å². The van der Waals surface area contributed by atoms with Gasteiger partial charge in [0, 0.05) is 18.4 Å². The molecule has 100 valence electrons. The maximum absolute atomic E-state index is 13.4. The predicted octanol–water partition coefficient (Wildman–Crippen LogP) is 2.15. The molecule has 0 atom stereocenters. The maximum Gasteiger partial charge on any atom is 0.186 e. The SMILES string of the molecule is CC(=O)c1cc(F)cc(CSc2ncnn2C)c1O. The van der Waals surface area contributed by atoms with Gasteiger partial charge in [0.15, 0.2) is 10.9 Å². The Bertz CT molecular complexity index is 627. The van der Waals surface area contributed by atoms with Gasteiger partial charge in [0.05, 0.1) is 5.56 Å². The number of nitrogens with zero attached hydrogens (tertiary/aromatic N) is 3. The minimum Gasteiger partial charge on any atom is -0.507 e. The summed E-state index contributed by atoms with van der Waals surface area (Å²) in [5.41, 5.74) is 0.353. The Balaban J connectivity index is 2.25. The molecule has 19 heavy (non-hydrogen) atoms. The molecule has 1 aromatic carbocycles. The number of aromatic nitrogens is 3. The lowest BCUT2D eigenvalue weighted by Gasteiger charge is -2.08. The molecule has 1 heterocycles. The zero-order valence-corrected chi connectivity index (χ0v) is 11.2. The van der Waals surface area contributed by atoms with E-state index in [4.69, 9.17) is 0 Å². The Labute approximate surface area is 113 Å². The number of phenolic OH excluding ortho intramolecular Hbond substituents is 1.